The smallest absolute Gasteiger partial charge is 0.330 e. The topological polar surface area (TPSA) is 277 Å². The molecule has 4 aliphatic rings. The number of piperazine rings is 2. The number of anilines is 12. The average Bonchev–Trinajstić information content (AvgIpc) is 0.772. The van der Waals surface area contributed by atoms with Crippen LogP contribution < -0.4 is 74.9 Å². The predicted octanol–water partition coefficient (Wildman–Crippen LogP) is 10.1. The van der Waals surface area contributed by atoms with Gasteiger partial charge in [0.25, 0.3) is 0 Å². The van der Waals surface area contributed by atoms with E-state index in [2.05, 4.69) is 58.5 Å². The number of carbonyl (C=O) groups excluding carboxylic acids is 4. The number of urea groups is 2. The first-order valence-corrected chi connectivity index (χ1v) is 31.7. The van der Waals surface area contributed by atoms with Crippen LogP contribution in [0.4, 0.5) is 78.6 Å². The minimum absolute atomic E-state index is 0.0548. The number of fused-ring (bicyclic) bond motifs is 2. The number of aromatic nitrogens is 4. The van der Waals surface area contributed by atoms with Gasteiger partial charge < -0.3 is 60.4 Å². The lowest BCUT2D eigenvalue weighted by Crippen LogP contribution is -2.47. The standard InChI is InChI=1S/C36H40N8O6.C34H38N8O4/c1-4-32(45)38-26-7-5-24(6-8-26)21-44-34-25(22-43(36(44)48)29-17-30(49-2)19-31(18-29)50-3)20-37-35(40-34)39-27-9-11-28(12-10-27)42-15-13-41(14-16-42)23-33(46)47;1-4-31(43)37-25-7-5-23(6-8-25)21-42-32-24(22-41(34(42)44)28-17-29(45-2)19-30(18-28)46-3)20-36-33(39-32)38-26-9-11-27(12-10-26)40-15-13-35-14-16-40/h5-12,17-20H,4,13-16,21-23H2,1-3H3,(H,38,45)(H,46,47)(H,37,39,40);5-12,17-20,35H,4,13-16,21-22H2,1-3H3,(H,37,43)(H,36,38,39). The Labute approximate surface area is 556 Å². The molecule has 12 rings (SSSR count). The molecule has 2 saturated heterocycles. The molecule has 0 radical (unpaired) electrons. The van der Waals surface area contributed by atoms with E-state index in [0.717, 1.165) is 78.6 Å². The van der Waals surface area contributed by atoms with Gasteiger partial charge in [-0.3, -0.25) is 38.9 Å². The molecular weight excluding hydrogens is 1220 g/mol. The second-order valence-electron chi connectivity index (χ2n) is 23.1. The normalized spacial score (nSPS) is 14.6. The molecule has 26 heteroatoms. The summed E-state index contributed by atoms with van der Waals surface area (Å²) in [5, 5.41) is 24.8. The summed E-state index contributed by atoms with van der Waals surface area (Å²) in [4.78, 5) is 95.3. The summed E-state index contributed by atoms with van der Waals surface area (Å²) in [6.45, 7) is 11.4. The van der Waals surface area contributed by atoms with E-state index in [1.165, 1.54) is 5.69 Å². The molecule has 6 N–H and O–H groups in total. The van der Waals surface area contributed by atoms with Crippen molar-refractivity contribution >= 4 is 98.9 Å². The number of rotatable bonds is 22. The Kier molecular flexibility index (Phi) is 21.2. The highest BCUT2D eigenvalue weighted by Gasteiger charge is 2.36. The Balaban J connectivity index is 0.000000196. The molecule has 96 heavy (non-hydrogen) atoms. The largest absolute Gasteiger partial charge is 0.497 e. The Morgan fingerprint density at radius 2 is 0.865 bits per heavy atom. The number of hydrogen-bond acceptors (Lipinski definition) is 19. The van der Waals surface area contributed by atoms with Gasteiger partial charge in [0, 0.05) is 159 Å². The molecule has 0 saturated carbocycles. The first kappa shape index (κ1) is 66.2. The summed E-state index contributed by atoms with van der Waals surface area (Å²) in [6, 6.07) is 41.1. The first-order valence-electron chi connectivity index (χ1n) is 31.7. The Morgan fingerprint density at radius 3 is 1.23 bits per heavy atom. The fourth-order valence-electron chi connectivity index (χ4n) is 11.4. The van der Waals surface area contributed by atoms with Gasteiger partial charge in [0.05, 0.1) is 72.5 Å². The molecule has 0 unspecified atom stereocenters. The summed E-state index contributed by atoms with van der Waals surface area (Å²) in [7, 11) is 6.27. The van der Waals surface area contributed by atoms with Gasteiger partial charge >= 0.3 is 18.0 Å². The van der Waals surface area contributed by atoms with Gasteiger partial charge in [-0.05, 0) is 83.9 Å². The van der Waals surface area contributed by atoms with Crippen molar-refractivity contribution < 1.29 is 48.0 Å². The number of carboxylic acid groups (broad SMARTS) is 1. The van der Waals surface area contributed by atoms with Gasteiger partial charge in [-0.1, -0.05) is 38.1 Å². The second kappa shape index (κ2) is 30.7. The Hall–Kier alpha value is -11.3. The van der Waals surface area contributed by atoms with E-state index in [9.17, 15) is 24.0 Å². The number of benzene rings is 6. The number of methoxy groups -OCH3 is 4. The number of carboxylic acids is 1. The summed E-state index contributed by atoms with van der Waals surface area (Å²) in [6.07, 6.45) is 4.25. The quantitative estimate of drug-likeness (QED) is 0.0368. The van der Waals surface area contributed by atoms with E-state index in [-0.39, 0.29) is 56.6 Å². The number of amides is 6. The molecule has 2 aromatic heterocycles. The fraction of sp³-hybridized carbons (Fsp3) is 0.300. The van der Waals surface area contributed by atoms with Crippen LogP contribution in [0, 0.1) is 0 Å². The number of hydrogen-bond donors (Lipinski definition) is 6. The number of nitrogens with zero attached hydrogens (tertiary/aromatic N) is 11. The summed E-state index contributed by atoms with van der Waals surface area (Å²) >= 11 is 0. The maximum atomic E-state index is 14.3. The highest BCUT2D eigenvalue weighted by molar-refractivity contribution is 6.07. The third kappa shape index (κ3) is 16.2. The second-order valence-corrected chi connectivity index (χ2v) is 23.1. The number of aliphatic carboxylic acids is 1. The van der Waals surface area contributed by atoms with Crippen molar-refractivity contribution in [2.45, 2.75) is 52.9 Å². The first-order chi connectivity index (χ1) is 46.7. The van der Waals surface area contributed by atoms with Gasteiger partial charge in [0.15, 0.2) is 0 Å². The molecule has 8 aromatic rings. The maximum Gasteiger partial charge on any atom is 0.330 e. The van der Waals surface area contributed by atoms with E-state index >= 15 is 0 Å². The SMILES string of the molecule is CCC(=O)Nc1ccc(CN2C(=O)N(c3cc(OC)cc(OC)c3)Cc3cnc(Nc4ccc(N5CCN(CC(=O)O)CC5)cc4)nc32)cc1.CCC(=O)Nc1ccc(CN2C(=O)N(c3cc(OC)cc(OC)c3)Cc3cnc(Nc4ccc(N5CCNCC5)cc4)nc32)cc1. The molecule has 6 amide bonds. The number of ether oxygens (including phenoxy) is 4. The fourth-order valence-corrected chi connectivity index (χ4v) is 11.4. The van der Waals surface area contributed by atoms with Crippen LogP contribution in [0.25, 0.3) is 0 Å². The van der Waals surface area contributed by atoms with Gasteiger partial charge in [0.2, 0.25) is 23.7 Å². The molecule has 6 heterocycles. The minimum atomic E-state index is -0.812. The summed E-state index contributed by atoms with van der Waals surface area (Å²) in [5.74, 6) is 3.03. The zero-order chi connectivity index (χ0) is 67.2. The average molecular weight is 1300 g/mol. The van der Waals surface area contributed by atoms with Crippen molar-refractivity contribution in [3.05, 3.63) is 168 Å². The lowest BCUT2D eigenvalue weighted by molar-refractivity contribution is -0.138. The summed E-state index contributed by atoms with van der Waals surface area (Å²) in [5.41, 5.74) is 9.70. The monoisotopic (exact) mass is 1300 g/mol. The van der Waals surface area contributed by atoms with Crippen LogP contribution in [0.3, 0.4) is 0 Å². The van der Waals surface area contributed by atoms with Crippen LogP contribution in [0.5, 0.6) is 23.0 Å². The Morgan fingerprint density at radius 1 is 0.490 bits per heavy atom. The van der Waals surface area contributed by atoms with Gasteiger partial charge in [-0.25, -0.2) is 19.6 Å². The van der Waals surface area contributed by atoms with Gasteiger partial charge in [-0.2, -0.15) is 9.97 Å². The molecule has 26 nitrogen and oxygen atoms in total. The van der Waals surface area contributed by atoms with Crippen molar-refractivity contribution in [3.8, 4) is 23.0 Å². The molecule has 0 spiro atoms. The van der Waals surface area contributed by atoms with Crippen molar-refractivity contribution in [1.82, 2.24) is 30.2 Å². The molecule has 0 bridgehead atoms. The van der Waals surface area contributed by atoms with Crippen molar-refractivity contribution in [2.24, 2.45) is 0 Å². The van der Waals surface area contributed by atoms with Gasteiger partial charge in [-0.15, -0.1) is 0 Å². The van der Waals surface area contributed by atoms with E-state index in [1.54, 1.807) is 111 Å². The highest BCUT2D eigenvalue weighted by atomic mass is 16.5. The highest BCUT2D eigenvalue weighted by Crippen LogP contribution is 2.39. The number of nitrogens with one attached hydrogen (secondary N) is 5. The van der Waals surface area contributed by atoms with Crippen LogP contribution in [-0.4, -0.2) is 147 Å². The molecule has 0 aliphatic carbocycles. The van der Waals surface area contributed by atoms with E-state index in [0.29, 0.717) is 95.2 Å². The van der Waals surface area contributed by atoms with Crippen LogP contribution in [0.15, 0.2) is 146 Å². The van der Waals surface area contributed by atoms with E-state index in [1.807, 2.05) is 89.8 Å². The van der Waals surface area contributed by atoms with Crippen LogP contribution in [0.1, 0.15) is 48.9 Å². The van der Waals surface area contributed by atoms with Crippen molar-refractivity contribution in [3.63, 3.8) is 0 Å². The maximum absolute atomic E-state index is 14.3. The molecule has 4 aliphatic heterocycles. The lowest BCUT2D eigenvalue weighted by atomic mass is 10.1. The van der Waals surface area contributed by atoms with Crippen LogP contribution in [-0.2, 0) is 40.6 Å². The third-order valence-electron chi connectivity index (χ3n) is 16.7. The molecule has 498 valence electrons. The Bertz CT molecular complexity index is 4010. The zero-order valence-corrected chi connectivity index (χ0v) is 54.5. The number of carbonyl (C=O) groups is 5. The molecule has 2 fully saturated rings. The minimum Gasteiger partial charge on any atom is -0.497 e. The van der Waals surface area contributed by atoms with E-state index < -0.39 is 5.97 Å². The molecular formula is C70H78N16O10. The molecule has 6 aromatic carbocycles. The van der Waals surface area contributed by atoms with Crippen molar-refractivity contribution in [1.29, 1.82) is 0 Å². The predicted molar refractivity (Wildman–Crippen MR) is 370 cm³/mol. The van der Waals surface area contributed by atoms with E-state index in [4.69, 9.17) is 34.0 Å². The van der Waals surface area contributed by atoms with Crippen molar-refractivity contribution in [2.75, 3.05) is 138 Å². The molecule has 0 atom stereocenters. The summed E-state index contributed by atoms with van der Waals surface area (Å²) < 4.78 is 21.9. The van der Waals surface area contributed by atoms with Gasteiger partial charge in [0.1, 0.15) is 34.6 Å². The third-order valence-corrected chi connectivity index (χ3v) is 16.7. The zero-order valence-electron chi connectivity index (χ0n) is 54.5. The van der Waals surface area contributed by atoms with Crippen LogP contribution >= 0.6 is 0 Å². The lowest BCUT2D eigenvalue weighted by Gasteiger charge is -2.36. The van der Waals surface area contributed by atoms with Crippen LogP contribution in [0.2, 0.25) is 0 Å².